The van der Waals surface area contributed by atoms with Gasteiger partial charge in [0.2, 0.25) is 5.13 Å². The van der Waals surface area contributed by atoms with Gasteiger partial charge in [-0.1, -0.05) is 0 Å². The van der Waals surface area contributed by atoms with Crippen molar-refractivity contribution in [2.45, 2.75) is 20.8 Å². The zero-order valence-electron chi connectivity index (χ0n) is 14.8. The molecule has 3 rings (SSSR count). The number of hydrogen-bond donors (Lipinski definition) is 1. The van der Waals surface area contributed by atoms with E-state index in [0.29, 0.717) is 0 Å². The Hall–Kier alpha value is -1.29. The maximum atomic E-state index is 5.17. The van der Waals surface area contributed by atoms with Crippen molar-refractivity contribution in [2.75, 3.05) is 12.5 Å². The molecule has 0 aliphatic rings. The highest BCUT2D eigenvalue weighted by molar-refractivity contribution is 8.93. The number of nitrogens with one attached hydrogen (secondary N) is 1. The molecule has 3 aromatic rings. The summed E-state index contributed by atoms with van der Waals surface area (Å²) in [6.07, 6.45) is 0. The molecule has 140 valence electrons. The van der Waals surface area contributed by atoms with E-state index < -0.39 is 0 Å². The van der Waals surface area contributed by atoms with Crippen LogP contribution in [0.25, 0.3) is 10.6 Å². The predicted molar refractivity (Wildman–Crippen MR) is 122 cm³/mol. The first kappa shape index (κ1) is 22.8. The van der Waals surface area contributed by atoms with Crippen LogP contribution in [0.15, 0.2) is 34.7 Å². The Morgan fingerprint density at radius 3 is 2.38 bits per heavy atom. The number of aryl methyl sites for hydroxylation is 2. The highest BCUT2D eigenvalue weighted by Gasteiger charge is 2.11. The fourth-order valence-corrected chi connectivity index (χ4v) is 3.83. The van der Waals surface area contributed by atoms with Crippen molar-refractivity contribution in [3.63, 3.8) is 0 Å². The van der Waals surface area contributed by atoms with E-state index in [2.05, 4.69) is 20.5 Å². The second kappa shape index (κ2) is 10.1. The van der Waals surface area contributed by atoms with Gasteiger partial charge < -0.3 is 4.74 Å². The zero-order chi connectivity index (χ0) is 17.1. The summed E-state index contributed by atoms with van der Waals surface area (Å²) in [4.78, 5) is 10.2. The SMILES string of the molecule is Br.Br.COc1ccc(/C(C)=N/Nc2nc(-c3sc(C)nc3C)cs2)cc1. The molecule has 0 aliphatic carbocycles. The number of hydrogen-bond acceptors (Lipinski definition) is 7. The Bertz CT molecular complexity index is 875. The van der Waals surface area contributed by atoms with E-state index in [1.807, 2.05) is 50.4 Å². The van der Waals surface area contributed by atoms with Gasteiger partial charge in [-0.2, -0.15) is 5.10 Å². The van der Waals surface area contributed by atoms with Crippen LogP contribution < -0.4 is 10.2 Å². The van der Waals surface area contributed by atoms with Gasteiger partial charge in [-0.3, -0.25) is 5.43 Å². The van der Waals surface area contributed by atoms with Crippen LogP contribution in [0.2, 0.25) is 0 Å². The van der Waals surface area contributed by atoms with Crippen LogP contribution in [0, 0.1) is 13.8 Å². The third kappa shape index (κ3) is 5.35. The minimum absolute atomic E-state index is 0. The van der Waals surface area contributed by atoms with Gasteiger partial charge in [0.1, 0.15) is 5.75 Å². The molecule has 2 aromatic heterocycles. The summed E-state index contributed by atoms with van der Waals surface area (Å²) in [5, 5.41) is 8.27. The fraction of sp³-hybridized carbons (Fsp3) is 0.235. The maximum absolute atomic E-state index is 5.17. The van der Waals surface area contributed by atoms with Crippen molar-refractivity contribution in [2.24, 2.45) is 5.10 Å². The van der Waals surface area contributed by atoms with Crippen molar-refractivity contribution in [3.8, 4) is 16.3 Å². The van der Waals surface area contributed by atoms with Crippen molar-refractivity contribution in [1.29, 1.82) is 0 Å². The molecule has 0 unspecified atom stereocenters. The lowest BCUT2D eigenvalue weighted by molar-refractivity contribution is 0.415. The molecule has 0 amide bonds. The van der Waals surface area contributed by atoms with Crippen molar-refractivity contribution in [3.05, 3.63) is 45.9 Å². The first-order chi connectivity index (χ1) is 11.6. The molecular formula is C17H20Br2N4OS2. The second-order valence-electron chi connectivity index (χ2n) is 5.22. The van der Waals surface area contributed by atoms with Crippen LogP contribution in [0.1, 0.15) is 23.2 Å². The molecule has 0 radical (unpaired) electrons. The number of rotatable bonds is 5. The average molecular weight is 520 g/mol. The molecule has 5 nitrogen and oxygen atoms in total. The second-order valence-corrected chi connectivity index (χ2v) is 7.28. The molecule has 0 saturated carbocycles. The van der Waals surface area contributed by atoms with E-state index >= 15 is 0 Å². The van der Waals surface area contributed by atoms with E-state index in [4.69, 9.17) is 4.74 Å². The van der Waals surface area contributed by atoms with E-state index in [9.17, 15) is 0 Å². The summed E-state index contributed by atoms with van der Waals surface area (Å²) < 4.78 is 5.17. The van der Waals surface area contributed by atoms with E-state index in [-0.39, 0.29) is 34.0 Å². The van der Waals surface area contributed by atoms with E-state index in [1.165, 1.54) is 11.3 Å². The van der Waals surface area contributed by atoms with Crippen LogP contribution in [0.3, 0.4) is 0 Å². The maximum Gasteiger partial charge on any atom is 0.203 e. The molecule has 1 N–H and O–H groups in total. The molecule has 1 aromatic carbocycles. The Kier molecular flexibility index (Phi) is 8.88. The third-order valence-corrected chi connectivity index (χ3v) is 5.31. The fourth-order valence-electron chi connectivity index (χ4n) is 2.23. The Morgan fingerprint density at radius 2 is 1.81 bits per heavy atom. The molecular weight excluding hydrogens is 500 g/mol. The molecule has 0 atom stereocenters. The van der Waals surface area contributed by atoms with E-state index in [0.717, 1.165) is 43.4 Å². The van der Waals surface area contributed by atoms with Crippen LogP contribution >= 0.6 is 56.6 Å². The van der Waals surface area contributed by atoms with Crippen molar-refractivity contribution < 1.29 is 4.74 Å². The average Bonchev–Trinajstić information content (AvgIpc) is 3.18. The van der Waals surface area contributed by atoms with Gasteiger partial charge in [0, 0.05) is 5.38 Å². The van der Waals surface area contributed by atoms with Gasteiger partial charge >= 0.3 is 0 Å². The molecule has 26 heavy (non-hydrogen) atoms. The number of nitrogens with zero attached hydrogens (tertiary/aromatic N) is 3. The van der Waals surface area contributed by atoms with Gasteiger partial charge in [-0.05, 0) is 50.6 Å². The van der Waals surface area contributed by atoms with Crippen LogP contribution in [0.5, 0.6) is 5.75 Å². The molecule has 0 spiro atoms. The highest BCUT2D eigenvalue weighted by Crippen LogP contribution is 2.32. The Labute approximate surface area is 182 Å². The lowest BCUT2D eigenvalue weighted by Gasteiger charge is -2.03. The lowest BCUT2D eigenvalue weighted by Crippen LogP contribution is -1.99. The van der Waals surface area contributed by atoms with Crippen molar-refractivity contribution in [1.82, 2.24) is 9.97 Å². The molecule has 9 heteroatoms. The van der Waals surface area contributed by atoms with Crippen molar-refractivity contribution >= 4 is 67.5 Å². The molecule has 0 fully saturated rings. The summed E-state index contributed by atoms with van der Waals surface area (Å²) in [5.74, 6) is 0.833. The van der Waals surface area contributed by atoms with Crippen LogP contribution in [-0.4, -0.2) is 22.8 Å². The molecule has 0 aliphatic heterocycles. The zero-order valence-corrected chi connectivity index (χ0v) is 19.8. The lowest BCUT2D eigenvalue weighted by atomic mass is 10.1. The highest BCUT2D eigenvalue weighted by atomic mass is 79.9. The largest absolute Gasteiger partial charge is 0.497 e. The quantitative estimate of drug-likeness (QED) is 0.337. The van der Waals surface area contributed by atoms with Gasteiger partial charge in [0.15, 0.2) is 0 Å². The number of anilines is 1. The summed E-state index contributed by atoms with van der Waals surface area (Å²) in [5.41, 5.74) is 6.93. The minimum Gasteiger partial charge on any atom is -0.497 e. The number of hydrazone groups is 1. The summed E-state index contributed by atoms with van der Waals surface area (Å²) in [6, 6.07) is 7.81. The van der Waals surface area contributed by atoms with Gasteiger partial charge in [0.05, 0.1) is 34.1 Å². The Balaban J connectivity index is 0.00000169. The monoisotopic (exact) mass is 518 g/mol. The standard InChI is InChI=1S/C17H18N4OS2.2BrH/c1-10(13-5-7-14(22-4)8-6-13)20-21-17-19-15(9-23-17)16-11(2)18-12(3)24-16;;/h5-9H,1-4H3,(H,19,21);2*1H/b20-10+;;. The summed E-state index contributed by atoms with van der Waals surface area (Å²) >= 11 is 3.20. The number of ether oxygens (including phenoxy) is 1. The molecule has 0 saturated heterocycles. The van der Waals surface area contributed by atoms with Gasteiger partial charge in [-0.25, -0.2) is 9.97 Å². The predicted octanol–water partition coefficient (Wildman–Crippen LogP) is 5.88. The van der Waals surface area contributed by atoms with Crippen LogP contribution in [0.4, 0.5) is 5.13 Å². The summed E-state index contributed by atoms with van der Waals surface area (Å²) in [7, 11) is 1.66. The Morgan fingerprint density at radius 1 is 1.12 bits per heavy atom. The van der Waals surface area contributed by atoms with E-state index in [1.54, 1.807) is 18.4 Å². The normalized spacial score (nSPS) is 10.7. The topological polar surface area (TPSA) is 59.4 Å². The molecule has 0 bridgehead atoms. The molecule has 2 heterocycles. The third-order valence-electron chi connectivity index (χ3n) is 3.47. The minimum atomic E-state index is 0. The number of aromatic nitrogens is 2. The van der Waals surface area contributed by atoms with Gasteiger partial charge in [-0.15, -0.1) is 56.6 Å². The number of halogens is 2. The smallest absolute Gasteiger partial charge is 0.203 e. The first-order valence-corrected chi connectivity index (χ1v) is 9.11. The first-order valence-electron chi connectivity index (χ1n) is 7.41. The number of thiazole rings is 2. The number of methoxy groups -OCH3 is 1. The van der Waals surface area contributed by atoms with Gasteiger partial charge in [0.25, 0.3) is 0 Å². The number of benzene rings is 1. The van der Waals surface area contributed by atoms with Crippen LogP contribution in [-0.2, 0) is 0 Å². The summed E-state index contributed by atoms with van der Waals surface area (Å²) in [6.45, 7) is 5.98.